The predicted molar refractivity (Wildman–Crippen MR) is 225 cm³/mol. The molecule has 7 unspecified atom stereocenters. The van der Waals surface area contributed by atoms with Crippen LogP contribution >= 0.6 is 11.8 Å². The summed E-state index contributed by atoms with van der Waals surface area (Å²) >= 11 is 2.23. The van der Waals surface area contributed by atoms with Crippen LogP contribution in [0.5, 0.6) is 0 Å². The molecule has 0 spiro atoms. The average Bonchev–Trinajstić information content (AvgIpc) is 3.55. The van der Waals surface area contributed by atoms with Crippen LogP contribution in [0.4, 0.5) is 0 Å². The third kappa shape index (κ3) is 6.00. The maximum Gasteiger partial charge on any atom is 0.129 e. The van der Waals surface area contributed by atoms with Gasteiger partial charge in [0.15, 0.2) is 0 Å². The minimum atomic E-state index is 0.193. The molecule has 0 amide bonds. The number of thioether (sulfide) groups is 1. The van der Waals surface area contributed by atoms with Crippen molar-refractivity contribution >= 4 is 34.1 Å². The zero-order valence-corrected chi connectivity index (χ0v) is 32.2. The smallest absolute Gasteiger partial charge is 0.129 e. The predicted octanol–water partition coefficient (Wildman–Crippen LogP) is 11.8. The van der Waals surface area contributed by atoms with Gasteiger partial charge in [0.2, 0.25) is 0 Å². The Balaban J connectivity index is 0.905. The van der Waals surface area contributed by atoms with Gasteiger partial charge in [-0.25, -0.2) is 0 Å². The zero-order valence-electron chi connectivity index (χ0n) is 31.4. The number of nitrogens with one attached hydrogen (secondary N) is 1. The summed E-state index contributed by atoms with van der Waals surface area (Å²) in [7, 11) is 0. The van der Waals surface area contributed by atoms with E-state index in [9.17, 15) is 0 Å². The van der Waals surface area contributed by atoms with Gasteiger partial charge in [0.05, 0.1) is 18.1 Å². The van der Waals surface area contributed by atoms with E-state index >= 15 is 0 Å². The summed E-state index contributed by atoms with van der Waals surface area (Å²) < 4.78 is 2.66. The number of nitrogens with zero attached hydrogens (tertiary/aromatic N) is 2. The molecule has 3 heterocycles. The highest BCUT2D eigenvalue weighted by Gasteiger charge is 2.49. The molecular formula is C49H53N3S. The van der Waals surface area contributed by atoms with Crippen molar-refractivity contribution < 1.29 is 0 Å². The molecule has 7 atom stereocenters. The van der Waals surface area contributed by atoms with E-state index < -0.39 is 0 Å². The van der Waals surface area contributed by atoms with E-state index in [-0.39, 0.29) is 12.1 Å². The van der Waals surface area contributed by atoms with Crippen LogP contribution in [0, 0.1) is 17.3 Å². The number of fused-ring (bicyclic) bond motifs is 5. The van der Waals surface area contributed by atoms with Crippen molar-refractivity contribution in [1.82, 2.24) is 9.88 Å². The van der Waals surface area contributed by atoms with E-state index in [1.165, 1.54) is 77.3 Å². The number of para-hydroxylation sites is 1. The van der Waals surface area contributed by atoms with Gasteiger partial charge < -0.3 is 9.88 Å². The van der Waals surface area contributed by atoms with Gasteiger partial charge in [0, 0.05) is 32.7 Å². The minimum absolute atomic E-state index is 0.193. The molecular weight excluding hydrogens is 663 g/mol. The lowest BCUT2D eigenvalue weighted by molar-refractivity contribution is 0.131. The second-order valence-electron chi connectivity index (χ2n) is 17.1. The lowest BCUT2D eigenvalue weighted by atomic mass is 9.62. The molecule has 7 aliphatic rings. The van der Waals surface area contributed by atoms with E-state index in [2.05, 4.69) is 151 Å². The fourth-order valence-corrected chi connectivity index (χ4v) is 12.8. The Bertz CT molecular complexity index is 2160. The van der Waals surface area contributed by atoms with Crippen LogP contribution in [-0.2, 0) is 12.8 Å². The number of benzene rings is 2. The highest BCUT2D eigenvalue weighted by molar-refractivity contribution is 8.00. The topological polar surface area (TPSA) is 29.3 Å². The monoisotopic (exact) mass is 715 g/mol. The van der Waals surface area contributed by atoms with Gasteiger partial charge >= 0.3 is 0 Å². The standard InChI is InChI=1S/C49H53N3S/c1-49(2)40-16-8-11-19-46(40)53-47-29-26-36(30-41(47)49)32-20-22-34(23-21-32)43-31-42(33-12-4-3-5-13-33)50-48(51-43)35-24-27-37(28-25-35)52-44-17-9-6-14-38(44)39-15-7-10-18-45(39)52/h3-4,6,8-9,11-12,14,17,20-27,29-30,37,40-43,46-47H,5,7,10,13,15-16,18-19,28,31H2,1-2H3,(H,50,51). The number of aromatic nitrogens is 1. The Kier molecular flexibility index (Phi) is 8.66. The lowest BCUT2D eigenvalue weighted by Crippen LogP contribution is -2.48. The molecule has 10 rings (SSSR count). The first-order valence-corrected chi connectivity index (χ1v) is 21.5. The molecule has 3 aromatic rings. The molecule has 3 nitrogen and oxygen atoms in total. The van der Waals surface area contributed by atoms with E-state index in [1.54, 1.807) is 11.3 Å². The fraction of sp³-hybridized carbons (Fsp3) is 0.408. The molecule has 1 saturated heterocycles. The van der Waals surface area contributed by atoms with Gasteiger partial charge in [-0.15, -0.1) is 11.8 Å². The molecule has 1 N–H and O–H groups in total. The number of aryl methyl sites for hydroxylation is 1. The van der Waals surface area contributed by atoms with Crippen LogP contribution in [0.1, 0.15) is 99.7 Å². The fourth-order valence-electron chi connectivity index (χ4n) is 10.8. The number of hydrogen-bond donors (Lipinski definition) is 1. The maximum atomic E-state index is 5.44. The first-order chi connectivity index (χ1) is 26.0. The van der Waals surface area contributed by atoms with Crippen LogP contribution in [0.15, 0.2) is 132 Å². The molecule has 0 radical (unpaired) electrons. The van der Waals surface area contributed by atoms with E-state index in [0.717, 1.165) is 42.7 Å². The number of amidine groups is 1. The van der Waals surface area contributed by atoms with Crippen LogP contribution in [0.3, 0.4) is 0 Å². The van der Waals surface area contributed by atoms with Gasteiger partial charge in [0.1, 0.15) is 5.84 Å². The molecule has 2 aromatic carbocycles. The Hall–Kier alpha value is -4.02. The van der Waals surface area contributed by atoms with Crippen molar-refractivity contribution in [2.24, 2.45) is 22.2 Å². The summed E-state index contributed by atoms with van der Waals surface area (Å²) in [4.78, 5) is 5.44. The molecule has 1 aromatic heterocycles. The van der Waals surface area contributed by atoms with Gasteiger partial charge in [-0.2, -0.15) is 0 Å². The summed E-state index contributed by atoms with van der Waals surface area (Å²) in [6.45, 7) is 5.07. The van der Waals surface area contributed by atoms with E-state index in [0.29, 0.717) is 22.6 Å². The molecule has 5 aliphatic carbocycles. The number of allylic oxidation sites excluding steroid dienone is 10. The summed E-state index contributed by atoms with van der Waals surface area (Å²) in [6.07, 6.45) is 38.1. The van der Waals surface area contributed by atoms with Gasteiger partial charge in [-0.05, 0) is 115 Å². The van der Waals surface area contributed by atoms with E-state index in [4.69, 9.17) is 4.99 Å². The van der Waals surface area contributed by atoms with Crippen molar-refractivity contribution in [2.75, 3.05) is 0 Å². The summed E-state index contributed by atoms with van der Waals surface area (Å²) in [5.41, 5.74) is 11.6. The van der Waals surface area contributed by atoms with Crippen molar-refractivity contribution in [1.29, 1.82) is 0 Å². The van der Waals surface area contributed by atoms with Crippen LogP contribution in [-0.4, -0.2) is 26.9 Å². The second-order valence-corrected chi connectivity index (χ2v) is 18.5. The molecule has 2 aliphatic heterocycles. The SMILES string of the molecule is CC1(C)C2C=C(c3ccc(C4CC(C5=CC=CCC5)N=C(C5=CCC(n6c7c(c8ccccc86)CCCC7)C=C5)N4)cc3)C=CC2SC2CC=CCC21. The Morgan fingerprint density at radius 2 is 1.72 bits per heavy atom. The molecule has 270 valence electrons. The third-order valence-electron chi connectivity index (χ3n) is 13.8. The Labute approximate surface area is 320 Å². The number of rotatable bonds is 5. The third-order valence-corrected chi connectivity index (χ3v) is 15.4. The minimum Gasteiger partial charge on any atom is -0.363 e. The molecule has 1 fully saturated rings. The summed E-state index contributed by atoms with van der Waals surface area (Å²) in [5, 5.41) is 6.75. The maximum absolute atomic E-state index is 5.44. The van der Waals surface area contributed by atoms with Crippen molar-refractivity contribution in [3.8, 4) is 0 Å². The van der Waals surface area contributed by atoms with Gasteiger partial charge in [-0.1, -0.05) is 123 Å². The quantitative estimate of drug-likeness (QED) is 0.267. The zero-order chi connectivity index (χ0) is 35.5. The highest BCUT2D eigenvalue weighted by atomic mass is 32.2. The van der Waals surface area contributed by atoms with Gasteiger partial charge in [0.25, 0.3) is 0 Å². The second kappa shape index (κ2) is 13.7. The van der Waals surface area contributed by atoms with Crippen LogP contribution < -0.4 is 5.32 Å². The summed E-state index contributed by atoms with van der Waals surface area (Å²) in [5.74, 6) is 2.37. The van der Waals surface area contributed by atoms with Crippen molar-refractivity contribution in [3.05, 3.63) is 149 Å². The Morgan fingerprint density at radius 1 is 0.868 bits per heavy atom. The van der Waals surface area contributed by atoms with Gasteiger partial charge in [-0.3, -0.25) is 4.99 Å². The largest absolute Gasteiger partial charge is 0.363 e. The summed E-state index contributed by atoms with van der Waals surface area (Å²) in [6, 6.07) is 19.3. The first-order valence-electron chi connectivity index (χ1n) is 20.5. The molecule has 0 bridgehead atoms. The number of aliphatic imine (C=N–C) groups is 1. The average molecular weight is 716 g/mol. The van der Waals surface area contributed by atoms with Crippen molar-refractivity contribution in [3.63, 3.8) is 0 Å². The normalized spacial score (nSPS) is 31.4. The lowest BCUT2D eigenvalue weighted by Gasteiger charge is -2.53. The first kappa shape index (κ1) is 33.5. The molecule has 0 saturated carbocycles. The van der Waals surface area contributed by atoms with E-state index in [1.807, 2.05) is 0 Å². The molecule has 53 heavy (non-hydrogen) atoms. The number of hydrogen-bond acceptors (Lipinski definition) is 3. The molecule has 4 heteroatoms. The van der Waals surface area contributed by atoms with Crippen LogP contribution in [0.25, 0.3) is 16.5 Å². The van der Waals surface area contributed by atoms with Crippen molar-refractivity contribution in [2.45, 2.75) is 107 Å². The Morgan fingerprint density at radius 3 is 2.57 bits per heavy atom. The van der Waals surface area contributed by atoms with Crippen LogP contribution in [0.2, 0.25) is 0 Å². The highest BCUT2D eigenvalue weighted by Crippen LogP contribution is 2.57.